The van der Waals surface area contributed by atoms with E-state index in [1.54, 1.807) is 30.3 Å². The Morgan fingerprint density at radius 2 is 1.95 bits per heavy atom. The van der Waals surface area contributed by atoms with E-state index in [1.165, 1.54) is 6.07 Å². The molecule has 0 saturated heterocycles. The van der Waals surface area contributed by atoms with Crippen LogP contribution in [-0.2, 0) is 13.2 Å². The molecule has 2 aromatic carbocycles. The summed E-state index contributed by atoms with van der Waals surface area (Å²) in [6.07, 6.45) is 0. The average molecular weight is 417 g/mol. The number of aliphatic hydroxyl groups is 1. The predicted octanol–water partition coefficient (Wildman–Crippen LogP) is 4.19. The SMILES string of the molecule is O=[N+]([O-])c1cc(Br)ccc1COc1ccc(CO)cc1Br. The second-order valence-electron chi connectivity index (χ2n) is 4.24. The predicted molar refractivity (Wildman–Crippen MR) is 85.2 cm³/mol. The van der Waals surface area contributed by atoms with Gasteiger partial charge in [0.2, 0.25) is 0 Å². The summed E-state index contributed by atoms with van der Waals surface area (Å²) in [4.78, 5) is 10.6. The fraction of sp³-hybridized carbons (Fsp3) is 0.143. The third-order valence-corrected chi connectivity index (χ3v) is 3.92. The first-order chi connectivity index (χ1) is 10.0. The van der Waals surface area contributed by atoms with Crippen LogP contribution in [0.3, 0.4) is 0 Å². The highest BCUT2D eigenvalue weighted by molar-refractivity contribution is 9.10. The van der Waals surface area contributed by atoms with Crippen molar-refractivity contribution in [2.24, 2.45) is 0 Å². The molecule has 0 radical (unpaired) electrons. The van der Waals surface area contributed by atoms with Crippen molar-refractivity contribution < 1.29 is 14.8 Å². The Kier molecular flexibility index (Phi) is 5.33. The first-order valence-corrected chi connectivity index (χ1v) is 7.54. The Labute approximate surface area is 138 Å². The smallest absolute Gasteiger partial charge is 0.277 e. The van der Waals surface area contributed by atoms with Crippen LogP contribution in [-0.4, -0.2) is 10.0 Å². The molecule has 1 N–H and O–H groups in total. The number of nitrogens with zero attached hydrogens (tertiary/aromatic N) is 1. The van der Waals surface area contributed by atoms with E-state index in [9.17, 15) is 10.1 Å². The van der Waals surface area contributed by atoms with Crippen LogP contribution in [0.4, 0.5) is 5.69 Å². The van der Waals surface area contributed by atoms with Crippen LogP contribution in [0.25, 0.3) is 0 Å². The van der Waals surface area contributed by atoms with Gasteiger partial charge in [-0.3, -0.25) is 10.1 Å². The fourth-order valence-corrected chi connectivity index (χ4v) is 2.63. The molecular formula is C14H11Br2NO4. The minimum absolute atomic E-state index is 0.00692. The summed E-state index contributed by atoms with van der Waals surface area (Å²) in [6, 6.07) is 10.0. The van der Waals surface area contributed by atoms with Crippen LogP contribution in [0.2, 0.25) is 0 Å². The Balaban J connectivity index is 2.18. The van der Waals surface area contributed by atoms with E-state index in [-0.39, 0.29) is 18.9 Å². The van der Waals surface area contributed by atoms with Gasteiger partial charge in [-0.05, 0) is 45.8 Å². The maximum atomic E-state index is 11.0. The van der Waals surface area contributed by atoms with Crippen molar-refractivity contribution in [3.05, 3.63) is 66.6 Å². The maximum absolute atomic E-state index is 11.0. The molecule has 0 spiro atoms. The number of nitro benzene ring substituents is 1. The molecule has 0 aliphatic carbocycles. The van der Waals surface area contributed by atoms with Crippen LogP contribution in [0.1, 0.15) is 11.1 Å². The molecule has 2 aromatic rings. The Bertz CT molecular complexity index is 676. The summed E-state index contributed by atoms with van der Waals surface area (Å²) in [5.41, 5.74) is 1.25. The number of benzene rings is 2. The lowest BCUT2D eigenvalue weighted by atomic mass is 10.2. The average Bonchev–Trinajstić information content (AvgIpc) is 2.46. The summed E-state index contributed by atoms with van der Waals surface area (Å²) in [6.45, 7) is 0.0255. The van der Waals surface area contributed by atoms with E-state index < -0.39 is 4.92 Å². The molecule has 0 heterocycles. The van der Waals surface area contributed by atoms with Gasteiger partial charge in [-0.25, -0.2) is 0 Å². The molecule has 0 atom stereocenters. The maximum Gasteiger partial charge on any atom is 0.277 e. The van der Waals surface area contributed by atoms with Gasteiger partial charge < -0.3 is 9.84 Å². The lowest BCUT2D eigenvalue weighted by Gasteiger charge is -2.10. The number of rotatable bonds is 5. The van der Waals surface area contributed by atoms with Gasteiger partial charge in [0.25, 0.3) is 5.69 Å². The van der Waals surface area contributed by atoms with Gasteiger partial charge in [0, 0.05) is 10.5 Å². The van der Waals surface area contributed by atoms with E-state index in [1.807, 2.05) is 0 Å². The molecule has 0 aliphatic heterocycles. The summed E-state index contributed by atoms with van der Waals surface area (Å²) < 4.78 is 6.94. The number of hydrogen-bond donors (Lipinski definition) is 1. The minimum atomic E-state index is -0.437. The van der Waals surface area contributed by atoms with Crippen LogP contribution in [0, 0.1) is 10.1 Å². The number of nitro groups is 1. The second kappa shape index (κ2) is 7.02. The van der Waals surface area contributed by atoms with Crippen LogP contribution in [0.15, 0.2) is 45.3 Å². The fourth-order valence-electron chi connectivity index (χ4n) is 1.74. The molecule has 0 fully saturated rings. The summed E-state index contributed by atoms with van der Waals surface area (Å²) in [7, 11) is 0. The highest BCUT2D eigenvalue weighted by Crippen LogP contribution is 2.29. The molecule has 0 unspecified atom stereocenters. The van der Waals surface area contributed by atoms with E-state index in [0.29, 0.717) is 20.3 Å². The van der Waals surface area contributed by atoms with E-state index in [2.05, 4.69) is 31.9 Å². The molecule has 0 aromatic heterocycles. The van der Waals surface area contributed by atoms with Crippen LogP contribution < -0.4 is 4.74 Å². The Morgan fingerprint density at radius 3 is 2.57 bits per heavy atom. The van der Waals surface area contributed by atoms with Gasteiger partial charge in [-0.15, -0.1) is 0 Å². The van der Waals surface area contributed by atoms with Gasteiger partial charge in [0.05, 0.1) is 21.6 Å². The van der Waals surface area contributed by atoms with E-state index in [0.717, 1.165) is 5.56 Å². The van der Waals surface area contributed by atoms with Gasteiger partial charge in [-0.2, -0.15) is 0 Å². The number of ether oxygens (including phenoxy) is 1. The van der Waals surface area contributed by atoms with E-state index in [4.69, 9.17) is 9.84 Å². The molecule has 7 heteroatoms. The third kappa shape index (κ3) is 4.03. The quantitative estimate of drug-likeness (QED) is 0.585. The van der Waals surface area contributed by atoms with E-state index >= 15 is 0 Å². The largest absolute Gasteiger partial charge is 0.487 e. The molecule has 0 aliphatic rings. The Hall–Kier alpha value is -1.44. The van der Waals surface area contributed by atoms with Crippen LogP contribution in [0.5, 0.6) is 5.75 Å². The normalized spacial score (nSPS) is 10.4. The number of hydrogen-bond acceptors (Lipinski definition) is 4. The van der Waals surface area contributed by atoms with Crippen molar-refractivity contribution in [1.82, 2.24) is 0 Å². The number of halogens is 2. The molecule has 21 heavy (non-hydrogen) atoms. The summed E-state index contributed by atoms with van der Waals surface area (Å²) >= 11 is 6.55. The van der Waals surface area contributed by atoms with Gasteiger partial charge in [0.1, 0.15) is 12.4 Å². The third-order valence-electron chi connectivity index (χ3n) is 2.81. The Morgan fingerprint density at radius 1 is 1.19 bits per heavy atom. The standard InChI is InChI=1S/C14H11Br2NO4/c15-11-3-2-10(13(6-11)17(19)20)8-21-14-4-1-9(7-18)5-12(14)16/h1-6,18H,7-8H2. The zero-order valence-electron chi connectivity index (χ0n) is 10.8. The van der Waals surface area contributed by atoms with Crippen molar-refractivity contribution in [3.8, 4) is 5.75 Å². The lowest BCUT2D eigenvalue weighted by Crippen LogP contribution is -2.01. The van der Waals surface area contributed by atoms with Crippen molar-refractivity contribution in [1.29, 1.82) is 0 Å². The first-order valence-electron chi connectivity index (χ1n) is 5.96. The molecule has 0 bridgehead atoms. The van der Waals surface area contributed by atoms with Crippen molar-refractivity contribution in [2.75, 3.05) is 0 Å². The molecule has 0 saturated carbocycles. The van der Waals surface area contributed by atoms with Crippen molar-refractivity contribution in [3.63, 3.8) is 0 Å². The highest BCUT2D eigenvalue weighted by Gasteiger charge is 2.15. The molecule has 110 valence electrons. The monoisotopic (exact) mass is 415 g/mol. The van der Waals surface area contributed by atoms with Crippen molar-refractivity contribution in [2.45, 2.75) is 13.2 Å². The first kappa shape index (κ1) is 15.9. The van der Waals surface area contributed by atoms with Gasteiger partial charge in [0.15, 0.2) is 0 Å². The second-order valence-corrected chi connectivity index (χ2v) is 6.01. The lowest BCUT2D eigenvalue weighted by molar-refractivity contribution is -0.385. The molecule has 0 amide bonds. The molecule has 5 nitrogen and oxygen atoms in total. The molecular weight excluding hydrogens is 406 g/mol. The van der Waals surface area contributed by atoms with Gasteiger partial charge in [-0.1, -0.05) is 22.0 Å². The zero-order chi connectivity index (χ0) is 15.4. The summed E-state index contributed by atoms with van der Waals surface area (Å²) in [5, 5.41) is 20.1. The minimum Gasteiger partial charge on any atom is -0.487 e. The van der Waals surface area contributed by atoms with Crippen LogP contribution >= 0.6 is 31.9 Å². The van der Waals surface area contributed by atoms with Crippen molar-refractivity contribution >= 4 is 37.5 Å². The topological polar surface area (TPSA) is 72.6 Å². The van der Waals surface area contributed by atoms with Gasteiger partial charge >= 0.3 is 0 Å². The zero-order valence-corrected chi connectivity index (χ0v) is 13.9. The summed E-state index contributed by atoms with van der Waals surface area (Å²) in [5.74, 6) is 0.560. The number of aliphatic hydroxyl groups excluding tert-OH is 1. The highest BCUT2D eigenvalue weighted by atomic mass is 79.9. The molecule has 2 rings (SSSR count).